The zero-order valence-electron chi connectivity index (χ0n) is 62.9. The summed E-state index contributed by atoms with van der Waals surface area (Å²) in [5.74, 6) is 0. The van der Waals surface area contributed by atoms with E-state index in [2.05, 4.69) is 394 Å². The van der Waals surface area contributed by atoms with Gasteiger partial charge in [-0.05, 0) is 294 Å². The van der Waals surface area contributed by atoms with Gasteiger partial charge in [0.1, 0.15) is 0 Å². The van der Waals surface area contributed by atoms with Gasteiger partial charge in [0.05, 0.1) is 11.4 Å². The fraction of sp³-hybridized carbons (Fsp3) is 0.0943. The molecule has 0 saturated heterocycles. The van der Waals surface area contributed by atoms with Gasteiger partial charge in [-0.3, -0.25) is 0 Å². The average molecular weight is 1380 g/mol. The summed E-state index contributed by atoms with van der Waals surface area (Å²) in [5.41, 5.74) is 29.8. The lowest BCUT2D eigenvalue weighted by atomic mass is 9.85. The zero-order chi connectivity index (χ0) is 73.3. The predicted molar refractivity (Wildman–Crippen MR) is 469 cm³/mol. The number of anilines is 6. The molecule has 0 atom stereocenters. The van der Waals surface area contributed by atoms with Crippen LogP contribution in [-0.4, -0.2) is 0 Å². The molecule has 20 rings (SSSR count). The van der Waals surface area contributed by atoms with Crippen molar-refractivity contribution in [1.29, 1.82) is 0 Å². The van der Waals surface area contributed by atoms with Crippen LogP contribution in [0.3, 0.4) is 0 Å². The minimum atomic E-state index is 1.14. The minimum absolute atomic E-state index is 1.14. The van der Waals surface area contributed by atoms with E-state index in [1.54, 1.807) is 0 Å². The van der Waals surface area contributed by atoms with Crippen molar-refractivity contribution in [1.82, 2.24) is 0 Å². The van der Waals surface area contributed by atoms with Gasteiger partial charge in [-0.1, -0.05) is 277 Å². The van der Waals surface area contributed by atoms with Crippen LogP contribution in [0.4, 0.5) is 34.1 Å². The van der Waals surface area contributed by atoms with E-state index in [1.165, 1.54) is 219 Å². The molecule has 0 spiro atoms. The highest BCUT2D eigenvalue weighted by atomic mass is 15.2. The van der Waals surface area contributed by atoms with Crippen LogP contribution >= 0.6 is 0 Å². The largest absolute Gasteiger partial charge is 0.309 e. The van der Waals surface area contributed by atoms with Crippen molar-refractivity contribution in [3.63, 3.8) is 0 Å². The average Bonchev–Trinajstić information content (AvgIpc) is 0.735. The Morgan fingerprint density at radius 2 is 0.426 bits per heavy atom. The Bertz CT molecular complexity index is 6330. The summed E-state index contributed by atoms with van der Waals surface area (Å²) >= 11 is 0. The molecule has 0 amide bonds. The van der Waals surface area contributed by atoms with E-state index >= 15 is 0 Å². The van der Waals surface area contributed by atoms with Gasteiger partial charge >= 0.3 is 0 Å². The van der Waals surface area contributed by atoms with E-state index < -0.39 is 0 Å². The van der Waals surface area contributed by atoms with Crippen LogP contribution in [0.1, 0.15) is 55.6 Å². The number of benzene rings is 20. The Morgan fingerprint density at radius 3 is 0.713 bits per heavy atom. The number of hydrogen-bond donors (Lipinski definition) is 0. The van der Waals surface area contributed by atoms with Crippen molar-refractivity contribution in [3.8, 4) is 44.5 Å². The molecular formula is C106H82N2. The number of fused-ring (bicyclic) bond motifs is 4. The zero-order valence-corrected chi connectivity index (χ0v) is 62.9. The van der Waals surface area contributed by atoms with Crippen molar-refractivity contribution in [2.24, 2.45) is 0 Å². The molecular weight excluding hydrogens is 1300 g/mol. The summed E-state index contributed by atoms with van der Waals surface area (Å²) < 4.78 is 0. The summed E-state index contributed by atoms with van der Waals surface area (Å²) in [6, 6.07) is 119. The molecule has 2 nitrogen and oxygen atoms in total. The van der Waals surface area contributed by atoms with Crippen molar-refractivity contribution >= 4 is 142 Å². The first kappa shape index (κ1) is 65.9. The second kappa shape index (κ2) is 26.0. The smallest absolute Gasteiger partial charge is 0.0618 e. The van der Waals surface area contributed by atoms with Gasteiger partial charge in [0.15, 0.2) is 0 Å². The van der Waals surface area contributed by atoms with Crippen molar-refractivity contribution in [2.45, 2.75) is 69.2 Å². The number of hydrogen-bond acceptors (Lipinski definition) is 2. The summed E-state index contributed by atoms with van der Waals surface area (Å²) in [6.45, 7) is 22.0. The highest BCUT2D eigenvalue weighted by Crippen LogP contribution is 2.53. The van der Waals surface area contributed by atoms with Gasteiger partial charge in [-0.25, -0.2) is 0 Å². The van der Waals surface area contributed by atoms with Crippen LogP contribution in [0.25, 0.3) is 152 Å². The van der Waals surface area contributed by atoms with E-state index in [-0.39, 0.29) is 0 Å². The first-order valence-electron chi connectivity index (χ1n) is 38.0. The molecule has 516 valence electrons. The summed E-state index contributed by atoms with van der Waals surface area (Å²) in [5, 5.41) is 25.9. The molecule has 0 fully saturated rings. The van der Waals surface area contributed by atoms with Crippen molar-refractivity contribution in [2.75, 3.05) is 9.80 Å². The van der Waals surface area contributed by atoms with Crippen LogP contribution in [0, 0.1) is 69.2 Å². The molecule has 0 unspecified atom stereocenters. The number of nitrogens with zero attached hydrogens (tertiary/aromatic N) is 2. The van der Waals surface area contributed by atoms with Gasteiger partial charge < -0.3 is 9.80 Å². The summed E-state index contributed by atoms with van der Waals surface area (Å²) in [7, 11) is 0. The Balaban J connectivity index is 0.000000147. The van der Waals surface area contributed by atoms with E-state index in [4.69, 9.17) is 0 Å². The third-order valence-electron chi connectivity index (χ3n) is 22.9. The van der Waals surface area contributed by atoms with E-state index in [0.717, 1.165) is 22.7 Å². The van der Waals surface area contributed by atoms with Gasteiger partial charge in [0.25, 0.3) is 0 Å². The molecule has 108 heavy (non-hydrogen) atoms. The lowest BCUT2D eigenvalue weighted by Gasteiger charge is -2.30. The minimum Gasteiger partial charge on any atom is -0.309 e. The second-order valence-corrected chi connectivity index (χ2v) is 30.7. The standard InChI is InChI=1S/2C53H41N/c2*1-32-14-20-41(21-15-32)54(42-22-16-33(2)17-23-42)53-47-12-8-6-10-44(47)51(45-11-7-9-13-48(45)53)40-29-35(4)28-39(31-40)49-30-36(5)43-24-18-37-26-34(3)27-38-19-25-46(49)52(43)50(37)38/h2*6-31H,1-5H3. The van der Waals surface area contributed by atoms with Crippen LogP contribution in [0.5, 0.6) is 0 Å². The molecule has 0 aliphatic carbocycles. The normalized spacial score (nSPS) is 11.8. The molecule has 0 radical (unpaired) electrons. The first-order chi connectivity index (χ1) is 52.6. The molecule has 0 heterocycles. The first-order valence-corrected chi connectivity index (χ1v) is 38.0. The maximum absolute atomic E-state index is 2.45. The lowest BCUT2D eigenvalue weighted by Crippen LogP contribution is -2.11. The second-order valence-electron chi connectivity index (χ2n) is 30.7. The van der Waals surface area contributed by atoms with Crippen LogP contribution < -0.4 is 9.80 Å². The fourth-order valence-corrected chi connectivity index (χ4v) is 18.0. The SMILES string of the molecule is Cc1ccc(N(c2ccc(C)cc2)c2c3ccccc3c(-c3cc(C)cc(-c4cc(C)c5ccc6cc(C)cc7ccc4c5c67)c3)c3ccccc23)cc1.Cc1ccc(N(c2ccc(C)cc2)c2c3ccccc3c(-c3cc(C)cc(-c4cc(C)c5ccc6cc(C)cc7ccc4c5c67)c3)c3ccccc23)cc1. The fourth-order valence-electron chi connectivity index (χ4n) is 18.0. The number of aryl methyl sites for hydroxylation is 10. The quantitative estimate of drug-likeness (QED) is 0.0995. The Morgan fingerprint density at radius 1 is 0.176 bits per heavy atom. The highest BCUT2D eigenvalue weighted by Gasteiger charge is 2.27. The molecule has 20 aromatic carbocycles. The predicted octanol–water partition coefficient (Wildman–Crippen LogP) is 30.5. The topological polar surface area (TPSA) is 6.48 Å². The Labute approximate surface area is 632 Å². The maximum atomic E-state index is 2.45. The molecule has 0 aromatic heterocycles. The van der Waals surface area contributed by atoms with Gasteiger partial charge in [0, 0.05) is 44.3 Å². The van der Waals surface area contributed by atoms with Crippen LogP contribution in [-0.2, 0) is 0 Å². The molecule has 0 bridgehead atoms. The third kappa shape index (κ3) is 11.1. The van der Waals surface area contributed by atoms with Crippen molar-refractivity contribution < 1.29 is 0 Å². The lowest BCUT2D eigenvalue weighted by molar-refractivity contribution is 1.29. The Hall–Kier alpha value is -12.9. The monoisotopic (exact) mass is 1380 g/mol. The molecule has 20 aromatic rings. The molecule has 0 aliphatic heterocycles. The molecule has 0 saturated carbocycles. The van der Waals surface area contributed by atoms with Gasteiger partial charge in [0.2, 0.25) is 0 Å². The number of rotatable bonds is 10. The van der Waals surface area contributed by atoms with Gasteiger partial charge in [-0.2, -0.15) is 0 Å². The maximum Gasteiger partial charge on any atom is 0.0618 e. The molecule has 0 aliphatic rings. The summed E-state index contributed by atoms with van der Waals surface area (Å²) in [6.07, 6.45) is 0. The van der Waals surface area contributed by atoms with E-state index in [1.807, 2.05) is 0 Å². The molecule has 2 heteroatoms. The highest BCUT2D eigenvalue weighted by molar-refractivity contribution is 6.29. The van der Waals surface area contributed by atoms with E-state index in [0.29, 0.717) is 0 Å². The molecule has 0 N–H and O–H groups in total. The van der Waals surface area contributed by atoms with E-state index in [9.17, 15) is 0 Å². The van der Waals surface area contributed by atoms with Gasteiger partial charge in [-0.15, -0.1) is 0 Å². The van der Waals surface area contributed by atoms with Crippen LogP contribution in [0.15, 0.2) is 315 Å². The third-order valence-corrected chi connectivity index (χ3v) is 22.9. The summed E-state index contributed by atoms with van der Waals surface area (Å²) in [4.78, 5) is 4.90. The van der Waals surface area contributed by atoms with Crippen molar-refractivity contribution in [3.05, 3.63) is 371 Å². The Kier molecular flexibility index (Phi) is 15.9. The van der Waals surface area contributed by atoms with Crippen LogP contribution in [0.2, 0.25) is 0 Å².